The molecular weight excluding hydrogens is 260 g/mol. The monoisotopic (exact) mass is 274 g/mol. The molecule has 3 N–H and O–H groups in total. The van der Waals surface area contributed by atoms with Crippen molar-refractivity contribution in [1.82, 2.24) is 0 Å². The van der Waals surface area contributed by atoms with Gasteiger partial charge in [-0.25, -0.2) is 8.42 Å². The van der Waals surface area contributed by atoms with Crippen molar-refractivity contribution in [1.29, 1.82) is 0 Å². The van der Waals surface area contributed by atoms with E-state index < -0.39 is 10.0 Å². The highest BCUT2D eigenvalue weighted by atomic mass is 32.2. The van der Waals surface area contributed by atoms with Gasteiger partial charge in [-0.1, -0.05) is 18.3 Å². The number of sulfonamides is 1. The Morgan fingerprint density at radius 2 is 2.18 bits per heavy atom. The first-order valence-corrected chi connectivity index (χ1v) is 6.83. The molecule has 0 heterocycles. The van der Waals surface area contributed by atoms with Gasteiger partial charge in [0.15, 0.2) is 0 Å². The number of nitrogens with one attached hydrogen (secondary N) is 1. The normalized spacial score (nSPS) is 10.9. The molecule has 7 heteroatoms. The average molecular weight is 274 g/mol. The third-order valence-electron chi connectivity index (χ3n) is 1.95. The largest absolute Gasteiger partial charge is 0.495 e. The molecule has 0 radical (unpaired) electrons. The minimum atomic E-state index is -3.58. The molecule has 0 aliphatic rings. The first-order chi connectivity index (χ1) is 7.84. The van der Waals surface area contributed by atoms with E-state index in [4.69, 9.17) is 10.5 Å². The number of nitrogens with two attached hydrogens (primary N) is 1. The minimum Gasteiger partial charge on any atom is -0.495 e. The number of hydrogen-bond donors (Lipinski definition) is 2. The summed E-state index contributed by atoms with van der Waals surface area (Å²) in [4.78, 5) is -0.0795. The maximum atomic E-state index is 11.7. The average Bonchev–Trinajstić information content (AvgIpc) is 2.14. The van der Waals surface area contributed by atoms with Gasteiger partial charge in [-0.2, -0.15) is 0 Å². The minimum absolute atomic E-state index is 0.0795. The summed E-state index contributed by atoms with van der Waals surface area (Å²) in [6.45, 7) is 1.85. The SMILES string of the molecule is COc1ccc(C)cc1NS(=O)(=O)CC(N)=S. The van der Waals surface area contributed by atoms with E-state index in [1.807, 2.05) is 13.0 Å². The van der Waals surface area contributed by atoms with Crippen molar-refractivity contribution in [2.24, 2.45) is 5.73 Å². The van der Waals surface area contributed by atoms with Crippen molar-refractivity contribution in [2.75, 3.05) is 17.6 Å². The zero-order valence-electron chi connectivity index (χ0n) is 9.56. The molecule has 0 aromatic heterocycles. The van der Waals surface area contributed by atoms with Crippen LogP contribution in [0.2, 0.25) is 0 Å². The topological polar surface area (TPSA) is 81.4 Å². The third-order valence-corrected chi connectivity index (χ3v) is 3.50. The third kappa shape index (κ3) is 4.20. The van der Waals surface area contributed by atoms with Crippen molar-refractivity contribution >= 4 is 32.9 Å². The summed E-state index contributed by atoms with van der Waals surface area (Å²) in [7, 11) is -2.11. The first-order valence-electron chi connectivity index (χ1n) is 4.77. The van der Waals surface area contributed by atoms with Crippen molar-refractivity contribution in [3.05, 3.63) is 23.8 Å². The van der Waals surface area contributed by atoms with Crippen LogP contribution in [-0.2, 0) is 10.0 Å². The Labute approximate surface area is 106 Å². The second kappa shape index (κ2) is 5.33. The van der Waals surface area contributed by atoms with Gasteiger partial charge in [-0.15, -0.1) is 0 Å². The Bertz CT molecular complexity index is 526. The molecule has 1 aromatic carbocycles. The number of methoxy groups -OCH3 is 1. The predicted molar refractivity (Wildman–Crippen MR) is 71.9 cm³/mol. The standard InChI is InChI=1S/C10H14N2O3S2/c1-7-3-4-9(15-2)8(5-7)12-17(13,14)6-10(11)16/h3-5,12H,6H2,1-2H3,(H2,11,16). The summed E-state index contributed by atoms with van der Waals surface area (Å²) >= 11 is 4.57. The quantitative estimate of drug-likeness (QED) is 0.784. The van der Waals surface area contributed by atoms with E-state index in [0.29, 0.717) is 11.4 Å². The van der Waals surface area contributed by atoms with Crippen LogP contribution in [0.1, 0.15) is 5.56 Å². The second-order valence-electron chi connectivity index (χ2n) is 3.53. The smallest absolute Gasteiger partial charge is 0.239 e. The number of benzene rings is 1. The molecule has 0 bridgehead atoms. The molecule has 0 amide bonds. The molecule has 0 aliphatic carbocycles. The van der Waals surface area contributed by atoms with E-state index >= 15 is 0 Å². The zero-order chi connectivity index (χ0) is 13.1. The lowest BCUT2D eigenvalue weighted by Crippen LogP contribution is -2.26. The summed E-state index contributed by atoms with van der Waals surface area (Å²) in [5, 5.41) is 0. The van der Waals surface area contributed by atoms with E-state index in [0.717, 1.165) is 5.56 Å². The summed E-state index contributed by atoms with van der Waals surface area (Å²) in [6, 6.07) is 5.19. The molecule has 0 aliphatic heterocycles. The van der Waals surface area contributed by atoms with Crippen molar-refractivity contribution in [2.45, 2.75) is 6.92 Å². The number of thiocarbonyl (C=S) groups is 1. The summed E-state index contributed by atoms with van der Waals surface area (Å²) in [5.74, 6) is 0.0569. The van der Waals surface area contributed by atoms with Crippen molar-refractivity contribution < 1.29 is 13.2 Å². The lowest BCUT2D eigenvalue weighted by molar-refractivity contribution is 0.417. The van der Waals surface area contributed by atoms with Crippen LogP contribution < -0.4 is 15.2 Å². The number of aryl methyl sites for hydroxylation is 1. The fraction of sp³-hybridized carbons (Fsp3) is 0.300. The van der Waals surface area contributed by atoms with Crippen LogP contribution in [0.15, 0.2) is 18.2 Å². The molecule has 0 atom stereocenters. The first kappa shape index (κ1) is 13.7. The Morgan fingerprint density at radius 1 is 1.53 bits per heavy atom. The van der Waals surface area contributed by atoms with Crippen LogP contribution in [0.25, 0.3) is 0 Å². The molecule has 0 saturated carbocycles. The maximum absolute atomic E-state index is 11.7. The van der Waals surface area contributed by atoms with E-state index in [1.165, 1.54) is 7.11 Å². The van der Waals surface area contributed by atoms with E-state index in [9.17, 15) is 8.42 Å². The summed E-state index contributed by atoms with van der Waals surface area (Å²) in [6.07, 6.45) is 0. The highest BCUT2D eigenvalue weighted by molar-refractivity contribution is 7.95. The van der Waals surface area contributed by atoms with Gasteiger partial charge in [0.05, 0.1) is 17.8 Å². The Morgan fingerprint density at radius 3 is 2.71 bits per heavy atom. The Hall–Kier alpha value is -1.34. The van der Waals surface area contributed by atoms with Crippen LogP contribution in [0.4, 0.5) is 5.69 Å². The summed E-state index contributed by atoms with van der Waals surface area (Å²) < 4.78 is 30.8. The van der Waals surface area contributed by atoms with E-state index in [1.54, 1.807) is 12.1 Å². The highest BCUT2D eigenvalue weighted by Gasteiger charge is 2.14. The fourth-order valence-electron chi connectivity index (χ4n) is 1.29. The Kier molecular flexibility index (Phi) is 4.30. The van der Waals surface area contributed by atoms with Gasteiger partial charge >= 0.3 is 0 Å². The molecule has 0 saturated heterocycles. The fourth-order valence-corrected chi connectivity index (χ4v) is 2.70. The molecule has 17 heavy (non-hydrogen) atoms. The van der Waals surface area contributed by atoms with E-state index in [2.05, 4.69) is 16.9 Å². The highest BCUT2D eigenvalue weighted by Crippen LogP contribution is 2.26. The predicted octanol–water partition coefficient (Wildman–Crippen LogP) is 1.03. The molecule has 1 aromatic rings. The van der Waals surface area contributed by atoms with E-state index in [-0.39, 0.29) is 10.7 Å². The van der Waals surface area contributed by atoms with Crippen LogP contribution >= 0.6 is 12.2 Å². The maximum Gasteiger partial charge on any atom is 0.239 e. The van der Waals surface area contributed by atoms with Gasteiger partial charge in [0.2, 0.25) is 10.0 Å². The van der Waals surface area contributed by atoms with Crippen LogP contribution in [0, 0.1) is 6.92 Å². The lowest BCUT2D eigenvalue weighted by atomic mass is 10.2. The molecule has 0 spiro atoms. The number of rotatable bonds is 5. The number of ether oxygens (including phenoxy) is 1. The van der Waals surface area contributed by atoms with Gasteiger partial charge in [-0.3, -0.25) is 4.72 Å². The lowest BCUT2D eigenvalue weighted by Gasteiger charge is -2.12. The van der Waals surface area contributed by atoms with Gasteiger partial charge in [-0.05, 0) is 24.6 Å². The van der Waals surface area contributed by atoms with Gasteiger partial charge < -0.3 is 10.5 Å². The molecule has 0 fully saturated rings. The zero-order valence-corrected chi connectivity index (χ0v) is 11.2. The molecule has 94 valence electrons. The van der Waals surface area contributed by atoms with Crippen LogP contribution in [0.3, 0.4) is 0 Å². The van der Waals surface area contributed by atoms with Gasteiger partial charge in [0.1, 0.15) is 11.5 Å². The van der Waals surface area contributed by atoms with Crippen LogP contribution in [0.5, 0.6) is 5.75 Å². The van der Waals surface area contributed by atoms with Crippen molar-refractivity contribution in [3.63, 3.8) is 0 Å². The van der Waals surface area contributed by atoms with Crippen LogP contribution in [-0.4, -0.2) is 26.3 Å². The van der Waals surface area contributed by atoms with Gasteiger partial charge in [0, 0.05) is 0 Å². The molecule has 0 unspecified atom stereocenters. The molecular formula is C10H14N2O3S2. The molecule has 1 rings (SSSR count). The van der Waals surface area contributed by atoms with Crippen molar-refractivity contribution in [3.8, 4) is 5.75 Å². The Balaban J connectivity index is 3.02. The number of anilines is 1. The number of hydrogen-bond acceptors (Lipinski definition) is 4. The molecule has 5 nitrogen and oxygen atoms in total. The van der Waals surface area contributed by atoms with Gasteiger partial charge in [0.25, 0.3) is 0 Å². The summed E-state index contributed by atoms with van der Waals surface area (Å²) in [5.41, 5.74) is 6.51. The second-order valence-corrected chi connectivity index (χ2v) is 5.78.